The number of carbonyl (C=O) groups excluding carboxylic acids is 1. The average molecular weight is 255 g/mol. The maximum absolute atomic E-state index is 12.2. The molecule has 0 unspecified atom stereocenters. The van der Waals surface area contributed by atoms with Crippen LogP contribution in [-0.2, 0) is 13.2 Å². The summed E-state index contributed by atoms with van der Waals surface area (Å²) in [6.07, 6.45) is 0. The molecule has 2 aromatic carbocycles. The molecule has 0 saturated carbocycles. The zero-order chi connectivity index (χ0) is 13.7. The van der Waals surface area contributed by atoms with Gasteiger partial charge in [-0.3, -0.25) is 4.79 Å². The van der Waals surface area contributed by atoms with Gasteiger partial charge in [-0.25, -0.2) is 0 Å². The van der Waals surface area contributed by atoms with E-state index >= 15 is 0 Å². The molecular weight excluding hydrogens is 238 g/mol. The number of rotatable bonds is 4. The Labute approximate surface area is 113 Å². The molecule has 1 N–H and O–H groups in total. The van der Waals surface area contributed by atoms with Crippen LogP contribution in [0.5, 0.6) is 0 Å². The van der Waals surface area contributed by atoms with Crippen LogP contribution in [0.25, 0.3) is 0 Å². The smallest absolute Gasteiger partial charge is 0.253 e. The van der Waals surface area contributed by atoms with Crippen molar-refractivity contribution in [2.75, 3.05) is 7.05 Å². The molecule has 0 aliphatic carbocycles. The third kappa shape index (κ3) is 3.42. The number of amides is 1. The van der Waals surface area contributed by atoms with Gasteiger partial charge in [-0.15, -0.1) is 0 Å². The summed E-state index contributed by atoms with van der Waals surface area (Å²) in [5, 5.41) is 8.98. The Morgan fingerprint density at radius 1 is 1.00 bits per heavy atom. The number of hydrogen-bond donors (Lipinski definition) is 1. The molecule has 2 rings (SSSR count). The topological polar surface area (TPSA) is 40.5 Å². The molecule has 0 atom stereocenters. The maximum atomic E-state index is 12.2. The largest absolute Gasteiger partial charge is 0.392 e. The van der Waals surface area contributed by atoms with Gasteiger partial charge in [0.2, 0.25) is 0 Å². The Hall–Kier alpha value is -2.13. The number of carbonyl (C=O) groups is 1. The molecular formula is C16H17NO2. The highest BCUT2D eigenvalue weighted by Gasteiger charge is 2.11. The van der Waals surface area contributed by atoms with Crippen molar-refractivity contribution < 1.29 is 9.90 Å². The van der Waals surface area contributed by atoms with E-state index in [1.165, 1.54) is 0 Å². The van der Waals surface area contributed by atoms with Crippen LogP contribution in [0, 0.1) is 0 Å². The van der Waals surface area contributed by atoms with Crippen LogP contribution >= 0.6 is 0 Å². The maximum Gasteiger partial charge on any atom is 0.253 e. The Balaban J connectivity index is 2.06. The van der Waals surface area contributed by atoms with Crippen LogP contribution < -0.4 is 0 Å². The van der Waals surface area contributed by atoms with Gasteiger partial charge in [-0.2, -0.15) is 0 Å². The van der Waals surface area contributed by atoms with Crippen LogP contribution in [0.15, 0.2) is 54.6 Å². The minimum absolute atomic E-state index is 0.00563. The van der Waals surface area contributed by atoms with Gasteiger partial charge in [0.25, 0.3) is 5.91 Å². The summed E-state index contributed by atoms with van der Waals surface area (Å²) in [5.41, 5.74) is 2.54. The number of aliphatic hydroxyl groups is 1. The molecule has 0 aliphatic rings. The molecule has 0 radical (unpaired) electrons. The molecule has 98 valence electrons. The van der Waals surface area contributed by atoms with Gasteiger partial charge in [-0.05, 0) is 23.3 Å². The summed E-state index contributed by atoms with van der Waals surface area (Å²) in [5.74, 6) is -0.0201. The first kappa shape index (κ1) is 13.3. The van der Waals surface area contributed by atoms with Crippen molar-refractivity contribution in [2.24, 2.45) is 0 Å². The van der Waals surface area contributed by atoms with Crippen LogP contribution in [0.4, 0.5) is 0 Å². The van der Waals surface area contributed by atoms with Gasteiger partial charge < -0.3 is 10.0 Å². The highest BCUT2D eigenvalue weighted by atomic mass is 16.3. The summed E-state index contributed by atoms with van der Waals surface area (Å²) in [7, 11) is 1.79. The van der Waals surface area contributed by atoms with Gasteiger partial charge in [-0.1, -0.05) is 42.5 Å². The minimum atomic E-state index is -0.0201. The van der Waals surface area contributed by atoms with Gasteiger partial charge in [0.05, 0.1) is 6.61 Å². The Morgan fingerprint density at radius 2 is 1.63 bits per heavy atom. The van der Waals surface area contributed by atoms with E-state index in [4.69, 9.17) is 5.11 Å². The highest BCUT2D eigenvalue weighted by Crippen LogP contribution is 2.10. The number of hydrogen-bond acceptors (Lipinski definition) is 2. The van der Waals surface area contributed by atoms with E-state index in [9.17, 15) is 4.79 Å². The molecule has 2 aromatic rings. The summed E-state index contributed by atoms with van der Waals surface area (Å²) >= 11 is 0. The summed E-state index contributed by atoms with van der Waals surface area (Å²) in [6, 6.07) is 16.9. The van der Waals surface area contributed by atoms with Crippen molar-refractivity contribution in [3.05, 3.63) is 71.3 Å². The zero-order valence-corrected chi connectivity index (χ0v) is 10.9. The van der Waals surface area contributed by atoms with E-state index in [0.29, 0.717) is 12.1 Å². The van der Waals surface area contributed by atoms with E-state index in [0.717, 1.165) is 11.1 Å². The standard InChI is InChI=1S/C16H17NO2/c1-17(11-13-5-3-2-4-6-13)16(19)15-9-7-14(12-18)8-10-15/h2-10,18H,11-12H2,1H3. The quantitative estimate of drug-likeness (QED) is 0.911. The predicted molar refractivity (Wildman–Crippen MR) is 74.6 cm³/mol. The van der Waals surface area contributed by atoms with Crippen molar-refractivity contribution in [3.8, 4) is 0 Å². The van der Waals surface area contributed by atoms with Crippen molar-refractivity contribution in [1.82, 2.24) is 4.90 Å². The summed E-state index contributed by atoms with van der Waals surface area (Å²) in [6.45, 7) is 0.579. The fourth-order valence-corrected chi connectivity index (χ4v) is 1.90. The average Bonchev–Trinajstić information content (AvgIpc) is 2.47. The molecule has 0 spiro atoms. The fraction of sp³-hybridized carbons (Fsp3) is 0.188. The predicted octanol–water partition coefficient (Wildman–Crippen LogP) is 2.45. The SMILES string of the molecule is CN(Cc1ccccc1)C(=O)c1ccc(CO)cc1. The molecule has 3 heteroatoms. The first-order valence-corrected chi connectivity index (χ1v) is 6.20. The van der Waals surface area contributed by atoms with Crippen molar-refractivity contribution in [3.63, 3.8) is 0 Å². The van der Waals surface area contributed by atoms with Crippen molar-refractivity contribution >= 4 is 5.91 Å². The van der Waals surface area contributed by atoms with Gasteiger partial charge in [0, 0.05) is 19.2 Å². The zero-order valence-electron chi connectivity index (χ0n) is 10.9. The highest BCUT2D eigenvalue weighted by molar-refractivity contribution is 5.94. The Kier molecular flexibility index (Phi) is 4.31. The molecule has 0 aliphatic heterocycles. The van der Waals surface area contributed by atoms with Crippen LogP contribution in [0.3, 0.4) is 0 Å². The lowest BCUT2D eigenvalue weighted by Crippen LogP contribution is -2.26. The lowest BCUT2D eigenvalue weighted by molar-refractivity contribution is 0.0785. The Bertz CT molecular complexity index is 534. The minimum Gasteiger partial charge on any atom is -0.392 e. The monoisotopic (exact) mass is 255 g/mol. The fourth-order valence-electron chi connectivity index (χ4n) is 1.90. The van der Waals surface area contributed by atoms with E-state index in [-0.39, 0.29) is 12.5 Å². The molecule has 0 bridgehead atoms. The number of aliphatic hydroxyl groups excluding tert-OH is 1. The molecule has 1 amide bonds. The summed E-state index contributed by atoms with van der Waals surface area (Å²) in [4.78, 5) is 13.9. The third-order valence-electron chi connectivity index (χ3n) is 2.99. The van der Waals surface area contributed by atoms with E-state index < -0.39 is 0 Å². The first-order valence-electron chi connectivity index (χ1n) is 6.20. The van der Waals surface area contributed by atoms with Gasteiger partial charge >= 0.3 is 0 Å². The molecule has 0 aromatic heterocycles. The number of benzene rings is 2. The molecule has 19 heavy (non-hydrogen) atoms. The third-order valence-corrected chi connectivity index (χ3v) is 2.99. The lowest BCUT2D eigenvalue weighted by Gasteiger charge is -2.17. The second kappa shape index (κ2) is 6.16. The Morgan fingerprint density at radius 3 is 2.21 bits per heavy atom. The second-order valence-corrected chi connectivity index (χ2v) is 4.50. The van der Waals surface area contributed by atoms with Crippen LogP contribution in [0.1, 0.15) is 21.5 Å². The first-order chi connectivity index (χ1) is 9.20. The molecule has 0 heterocycles. The van der Waals surface area contributed by atoms with Gasteiger partial charge in [0.15, 0.2) is 0 Å². The van der Waals surface area contributed by atoms with Gasteiger partial charge in [0.1, 0.15) is 0 Å². The molecule has 3 nitrogen and oxygen atoms in total. The van der Waals surface area contributed by atoms with E-state index in [1.54, 1.807) is 36.2 Å². The second-order valence-electron chi connectivity index (χ2n) is 4.50. The molecule has 0 fully saturated rings. The van der Waals surface area contributed by atoms with Crippen molar-refractivity contribution in [1.29, 1.82) is 0 Å². The summed E-state index contributed by atoms with van der Waals surface area (Å²) < 4.78 is 0. The molecule has 0 saturated heterocycles. The van der Waals surface area contributed by atoms with E-state index in [2.05, 4.69) is 0 Å². The van der Waals surface area contributed by atoms with Crippen LogP contribution in [-0.4, -0.2) is 23.0 Å². The number of nitrogens with zero attached hydrogens (tertiary/aromatic N) is 1. The normalized spacial score (nSPS) is 10.2. The van der Waals surface area contributed by atoms with Crippen molar-refractivity contribution in [2.45, 2.75) is 13.2 Å². The van der Waals surface area contributed by atoms with E-state index in [1.807, 2.05) is 30.3 Å². The van der Waals surface area contributed by atoms with Crippen LogP contribution in [0.2, 0.25) is 0 Å². The lowest BCUT2D eigenvalue weighted by atomic mass is 10.1.